The molecular weight excluding hydrogens is 355 g/mol. The molecule has 1 aliphatic rings. The molecule has 1 unspecified atom stereocenters. The van der Waals surface area contributed by atoms with E-state index < -0.39 is 0 Å². The number of nitrogens with one attached hydrogen (secondary N) is 1. The van der Waals surface area contributed by atoms with Gasteiger partial charge in [-0.2, -0.15) is 0 Å². The number of nitrogens with zero attached hydrogens (tertiary/aromatic N) is 3. The Morgan fingerprint density at radius 2 is 2.08 bits per heavy atom. The third-order valence-corrected chi connectivity index (χ3v) is 4.48. The molecule has 3 aromatic rings. The first-order valence-electron chi connectivity index (χ1n) is 8.36. The van der Waals surface area contributed by atoms with Crippen molar-refractivity contribution in [3.05, 3.63) is 72.0 Å². The molecule has 1 N–H and O–H groups in total. The molecule has 1 atom stereocenters. The van der Waals surface area contributed by atoms with E-state index in [-0.39, 0.29) is 24.3 Å². The predicted molar refractivity (Wildman–Crippen MR) is 99.4 cm³/mol. The van der Waals surface area contributed by atoms with E-state index in [1.165, 1.54) is 17.7 Å². The van der Waals surface area contributed by atoms with Gasteiger partial charge in [-0.1, -0.05) is 11.2 Å². The van der Waals surface area contributed by atoms with Crippen molar-refractivity contribution in [2.45, 2.75) is 12.6 Å². The van der Waals surface area contributed by atoms with Crippen molar-refractivity contribution >= 4 is 12.4 Å². The van der Waals surface area contributed by atoms with Gasteiger partial charge in [0.1, 0.15) is 11.5 Å². The zero-order valence-corrected chi connectivity index (χ0v) is 15.0. The maximum atomic E-state index is 13.1. The molecule has 1 aliphatic heterocycles. The van der Waals surface area contributed by atoms with Crippen molar-refractivity contribution in [2.75, 3.05) is 19.6 Å². The Morgan fingerprint density at radius 1 is 1.23 bits per heavy atom. The van der Waals surface area contributed by atoms with E-state index in [4.69, 9.17) is 4.52 Å². The van der Waals surface area contributed by atoms with Crippen molar-refractivity contribution in [1.29, 1.82) is 0 Å². The fraction of sp³-hybridized carbons (Fsp3) is 0.263. The molecule has 2 aromatic heterocycles. The van der Waals surface area contributed by atoms with Gasteiger partial charge in [0.15, 0.2) is 5.76 Å². The van der Waals surface area contributed by atoms with E-state index in [9.17, 15) is 4.39 Å². The van der Waals surface area contributed by atoms with Crippen molar-refractivity contribution in [3.63, 3.8) is 0 Å². The smallest absolute Gasteiger partial charge is 0.151 e. The lowest BCUT2D eigenvalue weighted by Crippen LogP contribution is -2.45. The Balaban J connectivity index is 0.00000196. The molecule has 1 saturated heterocycles. The minimum absolute atomic E-state index is 0. The maximum absolute atomic E-state index is 13.1. The average molecular weight is 375 g/mol. The summed E-state index contributed by atoms with van der Waals surface area (Å²) < 4.78 is 18.6. The van der Waals surface area contributed by atoms with Crippen LogP contribution in [0.4, 0.5) is 4.39 Å². The molecule has 0 spiro atoms. The summed E-state index contributed by atoms with van der Waals surface area (Å²) in [4.78, 5) is 6.59. The molecule has 7 heteroatoms. The predicted octanol–water partition coefficient (Wildman–Crippen LogP) is 3.44. The standard InChI is InChI=1S/C19H19FN4O.ClH/c20-16-5-3-14(4-6-16)18-10-17(25-23-18)13-24-9-8-22-12-19(24)15-2-1-7-21-11-15;/h1-7,10-11,19,22H,8-9,12-13H2;1H. The number of aromatic nitrogens is 2. The van der Waals surface area contributed by atoms with Gasteiger partial charge in [0.05, 0.1) is 6.54 Å². The topological polar surface area (TPSA) is 54.2 Å². The average Bonchev–Trinajstić information content (AvgIpc) is 3.12. The molecule has 1 fully saturated rings. The van der Waals surface area contributed by atoms with Crippen LogP contribution in [0.2, 0.25) is 0 Å². The van der Waals surface area contributed by atoms with E-state index in [1.807, 2.05) is 18.3 Å². The third kappa shape index (κ3) is 4.09. The quantitative estimate of drug-likeness (QED) is 0.758. The van der Waals surface area contributed by atoms with Gasteiger partial charge in [-0.3, -0.25) is 9.88 Å². The van der Waals surface area contributed by atoms with Gasteiger partial charge in [0.25, 0.3) is 0 Å². The Kier molecular flexibility index (Phi) is 5.98. The SMILES string of the molecule is Cl.Fc1ccc(-c2cc(CN3CCNCC3c3cccnc3)on2)cc1. The van der Waals surface area contributed by atoms with Crippen molar-refractivity contribution < 1.29 is 8.91 Å². The monoisotopic (exact) mass is 374 g/mol. The highest BCUT2D eigenvalue weighted by molar-refractivity contribution is 5.85. The number of halogens is 2. The fourth-order valence-corrected chi connectivity index (χ4v) is 3.18. The molecular formula is C19H20ClFN4O. The minimum atomic E-state index is -0.257. The molecule has 5 nitrogen and oxygen atoms in total. The van der Waals surface area contributed by atoms with E-state index >= 15 is 0 Å². The van der Waals surface area contributed by atoms with Crippen LogP contribution in [-0.4, -0.2) is 34.7 Å². The lowest BCUT2D eigenvalue weighted by Gasteiger charge is -2.35. The van der Waals surface area contributed by atoms with Gasteiger partial charge < -0.3 is 9.84 Å². The van der Waals surface area contributed by atoms with Crippen LogP contribution in [0.3, 0.4) is 0 Å². The summed E-state index contributed by atoms with van der Waals surface area (Å²) in [6.45, 7) is 3.42. The highest BCUT2D eigenvalue weighted by Crippen LogP contribution is 2.25. The second-order valence-electron chi connectivity index (χ2n) is 6.16. The van der Waals surface area contributed by atoms with Gasteiger partial charge in [0, 0.05) is 49.7 Å². The lowest BCUT2D eigenvalue weighted by atomic mass is 10.1. The summed E-state index contributed by atoms with van der Waals surface area (Å²) in [7, 11) is 0. The minimum Gasteiger partial charge on any atom is -0.359 e. The van der Waals surface area contributed by atoms with E-state index in [0.717, 1.165) is 36.7 Å². The van der Waals surface area contributed by atoms with Gasteiger partial charge in [-0.15, -0.1) is 12.4 Å². The second-order valence-corrected chi connectivity index (χ2v) is 6.16. The van der Waals surface area contributed by atoms with Crippen LogP contribution >= 0.6 is 12.4 Å². The molecule has 0 bridgehead atoms. The number of benzene rings is 1. The normalized spacial score (nSPS) is 17.7. The van der Waals surface area contributed by atoms with Gasteiger partial charge >= 0.3 is 0 Å². The van der Waals surface area contributed by atoms with Crippen LogP contribution < -0.4 is 5.32 Å². The van der Waals surface area contributed by atoms with Crippen LogP contribution in [0, 0.1) is 5.82 Å². The zero-order valence-electron chi connectivity index (χ0n) is 14.1. The molecule has 0 aliphatic carbocycles. The van der Waals surface area contributed by atoms with Crippen LogP contribution in [0.25, 0.3) is 11.3 Å². The second kappa shape index (κ2) is 8.40. The van der Waals surface area contributed by atoms with Crippen molar-refractivity contribution in [2.24, 2.45) is 0 Å². The summed E-state index contributed by atoms with van der Waals surface area (Å²) in [6, 6.07) is 12.5. The zero-order chi connectivity index (χ0) is 17.1. The van der Waals surface area contributed by atoms with Crippen LogP contribution in [-0.2, 0) is 6.54 Å². The number of hydrogen-bond acceptors (Lipinski definition) is 5. The molecule has 0 saturated carbocycles. The molecule has 136 valence electrons. The Hall–Kier alpha value is -2.28. The highest BCUT2D eigenvalue weighted by atomic mass is 35.5. The van der Waals surface area contributed by atoms with Gasteiger partial charge in [0.2, 0.25) is 0 Å². The van der Waals surface area contributed by atoms with E-state index in [2.05, 4.69) is 26.4 Å². The summed E-state index contributed by atoms with van der Waals surface area (Å²) >= 11 is 0. The summed E-state index contributed by atoms with van der Waals surface area (Å²) in [5, 5.41) is 7.56. The molecule has 0 radical (unpaired) electrons. The van der Waals surface area contributed by atoms with Crippen molar-refractivity contribution in [3.8, 4) is 11.3 Å². The number of rotatable bonds is 4. The van der Waals surface area contributed by atoms with Crippen LogP contribution in [0.5, 0.6) is 0 Å². The summed E-state index contributed by atoms with van der Waals surface area (Å²) in [5.41, 5.74) is 2.76. The summed E-state index contributed by atoms with van der Waals surface area (Å²) in [6.07, 6.45) is 3.70. The van der Waals surface area contributed by atoms with Crippen LogP contribution in [0.15, 0.2) is 59.4 Å². The Morgan fingerprint density at radius 3 is 2.85 bits per heavy atom. The van der Waals surface area contributed by atoms with Gasteiger partial charge in [-0.05, 0) is 35.9 Å². The maximum Gasteiger partial charge on any atom is 0.151 e. The Labute approximate surface area is 157 Å². The molecule has 1 aromatic carbocycles. The fourth-order valence-electron chi connectivity index (χ4n) is 3.18. The lowest BCUT2D eigenvalue weighted by molar-refractivity contribution is 0.138. The Bertz CT molecular complexity index is 825. The van der Waals surface area contributed by atoms with E-state index in [0.29, 0.717) is 6.54 Å². The first kappa shape index (κ1) is 18.5. The summed E-state index contributed by atoms with van der Waals surface area (Å²) in [5.74, 6) is 0.544. The molecule has 4 rings (SSSR count). The first-order chi connectivity index (χ1) is 12.3. The van der Waals surface area contributed by atoms with Gasteiger partial charge in [-0.25, -0.2) is 4.39 Å². The molecule has 26 heavy (non-hydrogen) atoms. The van der Waals surface area contributed by atoms with Crippen LogP contribution in [0.1, 0.15) is 17.4 Å². The number of piperazine rings is 1. The number of hydrogen-bond donors (Lipinski definition) is 1. The largest absolute Gasteiger partial charge is 0.359 e. The first-order valence-corrected chi connectivity index (χ1v) is 8.36. The van der Waals surface area contributed by atoms with E-state index in [1.54, 1.807) is 18.3 Å². The third-order valence-electron chi connectivity index (χ3n) is 4.48. The van der Waals surface area contributed by atoms with Crippen molar-refractivity contribution in [1.82, 2.24) is 20.4 Å². The highest BCUT2D eigenvalue weighted by Gasteiger charge is 2.25. The number of pyridine rings is 1. The molecule has 0 amide bonds. The molecule has 3 heterocycles.